The van der Waals surface area contributed by atoms with Gasteiger partial charge in [0.1, 0.15) is 0 Å². The van der Waals surface area contributed by atoms with Gasteiger partial charge in [0.15, 0.2) is 0 Å². The van der Waals surface area contributed by atoms with Crippen LogP contribution in [0.25, 0.3) is 0 Å². The van der Waals surface area contributed by atoms with Gasteiger partial charge in [-0.05, 0) is 12.8 Å². The minimum Gasteiger partial charge on any atom is -0.381 e. The lowest BCUT2D eigenvalue weighted by Gasteiger charge is -2.25. The summed E-state index contributed by atoms with van der Waals surface area (Å²) in [6.07, 6.45) is 9.25. The molecule has 0 aromatic carbocycles. The van der Waals surface area contributed by atoms with Gasteiger partial charge in [0.25, 0.3) is 0 Å². The van der Waals surface area contributed by atoms with Gasteiger partial charge in [-0.3, -0.25) is 0 Å². The first-order chi connectivity index (χ1) is 6.83. The monoisotopic (exact) mass is 199 g/mol. The predicted molar refractivity (Wildman–Crippen MR) is 60.3 cm³/mol. The van der Waals surface area contributed by atoms with Crippen molar-refractivity contribution in [3.63, 3.8) is 0 Å². The first-order valence-electron chi connectivity index (χ1n) is 6.11. The molecule has 0 aromatic rings. The minimum absolute atomic E-state index is 0.339. The zero-order valence-electron chi connectivity index (χ0n) is 9.56. The Labute approximate surface area is 88.2 Å². The highest BCUT2D eigenvalue weighted by Gasteiger charge is 2.32. The van der Waals surface area contributed by atoms with Crippen molar-refractivity contribution in [3.8, 4) is 0 Å². The standard InChI is InChI=1S/C12H25NO/c1-2-3-4-5-6-7-12(10-13)8-9-14-11-12/h2-11,13H2,1H3. The first-order valence-corrected chi connectivity index (χ1v) is 6.11. The van der Waals surface area contributed by atoms with Gasteiger partial charge < -0.3 is 10.5 Å². The van der Waals surface area contributed by atoms with Crippen LogP contribution in [0.15, 0.2) is 0 Å². The highest BCUT2D eigenvalue weighted by molar-refractivity contribution is 4.83. The van der Waals surface area contributed by atoms with Crippen LogP contribution >= 0.6 is 0 Å². The molecular formula is C12H25NO. The van der Waals surface area contributed by atoms with E-state index in [4.69, 9.17) is 10.5 Å². The molecule has 2 nitrogen and oxygen atoms in total. The zero-order chi connectivity index (χ0) is 10.3. The van der Waals surface area contributed by atoms with Crippen LogP contribution in [0, 0.1) is 5.41 Å². The molecule has 2 heteroatoms. The highest BCUT2D eigenvalue weighted by atomic mass is 16.5. The van der Waals surface area contributed by atoms with Crippen LogP contribution < -0.4 is 5.73 Å². The summed E-state index contributed by atoms with van der Waals surface area (Å²) in [6, 6.07) is 0. The Bertz CT molecular complexity index is 141. The van der Waals surface area contributed by atoms with Crippen molar-refractivity contribution < 1.29 is 4.74 Å². The maximum absolute atomic E-state index is 5.83. The molecule has 2 N–H and O–H groups in total. The second-order valence-electron chi connectivity index (χ2n) is 4.67. The summed E-state index contributed by atoms with van der Waals surface area (Å²) in [5.74, 6) is 0. The summed E-state index contributed by atoms with van der Waals surface area (Å²) in [6.45, 7) is 4.89. The molecular weight excluding hydrogens is 174 g/mol. The van der Waals surface area contributed by atoms with E-state index in [1.807, 2.05) is 0 Å². The maximum Gasteiger partial charge on any atom is 0.0535 e. The predicted octanol–water partition coefficient (Wildman–Crippen LogP) is 2.71. The lowest BCUT2D eigenvalue weighted by molar-refractivity contribution is 0.147. The van der Waals surface area contributed by atoms with E-state index in [2.05, 4.69) is 6.92 Å². The van der Waals surface area contributed by atoms with Crippen LogP contribution in [-0.2, 0) is 4.74 Å². The van der Waals surface area contributed by atoms with E-state index >= 15 is 0 Å². The lowest BCUT2D eigenvalue weighted by atomic mass is 9.82. The third kappa shape index (κ3) is 3.58. The Hall–Kier alpha value is -0.0800. The van der Waals surface area contributed by atoms with E-state index < -0.39 is 0 Å². The summed E-state index contributed by atoms with van der Waals surface area (Å²) in [5, 5.41) is 0. The quantitative estimate of drug-likeness (QED) is 0.640. The van der Waals surface area contributed by atoms with Crippen LogP contribution in [-0.4, -0.2) is 19.8 Å². The average Bonchev–Trinajstić information content (AvgIpc) is 2.67. The maximum atomic E-state index is 5.83. The topological polar surface area (TPSA) is 35.2 Å². The zero-order valence-corrected chi connectivity index (χ0v) is 9.56. The van der Waals surface area contributed by atoms with E-state index in [1.54, 1.807) is 0 Å². The van der Waals surface area contributed by atoms with E-state index in [9.17, 15) is 0 Å². The fourth-order valence-electron chi connectivity index (χ4n) is 2.21. The van der Waals surface area contributed by atoms with Crippen molar-refractivity contribution >= 4 is 0 Å². The van der Waals surface area contributed by atoms with Gasteiger partial charge in [-0.25, -0.2) is 0 Å². The molecule has 1 heterocycles. The molecule has 1 saturated heterocycles. The SMILES string of the molecule is CCCCCCCC1(CN)CCOC1. The Morgan fingerprint density at radius 2 is 2.00 bits per heavy atom. The summed E-state index contributed by atoms with van der Waals surface area (Å²) in [5.41, 5.74) is 6.17. The minimum atomic E-state index is 0.339. The van der Waals surface area contributed by atoms with Crippen LogP contribution in [0.4, 0.5) is 0 Å². The van der Waals surface area contributed by atoms with Gasteiger partial charge in [0.2, 0.25) is 0 Å². The Kier molecular flexibility index (Phi) is 5.49. The molecule has 1 atom stereocenters. The van der Waals surface area contributed by atoms with Crippen molar-refractivity contribution in [2.24, 2.45) is 11.1 Å². The summed E-state index contributed by atoms with van der Waals surface area (Å²) in [4.78, 5) is 0. The second-order valence-corrected chi connectivity index (χ2v) is 4.67. The molecule has 1 aliphatic rings. The van der Waals surface area contributed by atoms with Crippen molar-refractivity contribution in [2.45, 2.75) is 51.9 Å². The average molecular weight is 199 g/mol. The molecule has 84 valence electrons. The van der Waals surface area contributed by atoms with Crippen LogP contribution in [0.5, 0.6) is 0 Å². The molecule has 0 aliphatic carbocycles. The van der Waals surface area contributed by atoms with Gasteiger partial charge in [0, 0.05) is 18.6 Å². The second kappa shape index (κ2) is 6.41. The van der Waals surface area contributed by atoms with E-state index in [-0.39, 0.29) is 0 Å². The number of nitrogens with two attached hydrogens (primary N) is 1. The van der Waals surface area contributed by atoms with Crippen molar-refractivity contribution in [2.75, 3.05) is 19.8 Å². The highest BCUT2D eigenvalue weighted by Crippen LogP contribution is 2.33. The van der Waals surface area contributed by atoms with Crippen LogP contribution in [0.1, 0.15) is 51.9 Å². The van der Waals surface area contributed by atoms with Gasteiger partial charge in [-0.2, -0.15) is 0 Å². The first kappa shape index (κ1) is 12.0. The number of rotatable bonds is 7. The Morgan fingerprint density at radius 1 is 1.21 bits per heavy atom. The molecule has 14 heavy (non-hydrogen) atoms. The Balaban J connectivity index is 2.08. The smallest absolute Gasteiger partial charge is 0.0535 e. The molecule has 0 aromatic heterocycles. The van der Waals surface area contributed by atoms with E-state index in [0.29, 0.717) is 5.41 Å². The van der Waals surface area contributed by atoms with Gasteiger partial charge in [-0.15, -0.1) is 0 Å². The number of unbranched alkanes of at least 4 members (excludes halogenated alkanes) is 4. The molecule has 0 spiro atoms. The number of ether oxygens (including phenoxy) is 1. The summed E-state index contributed by atoms with van der Waals surface area (Å²) in [7, 11) is 0. The Morgan fingerprint density at radius 3 is 2.57 bits per heavy atom. The molecule has 1 fully saturated rings. The molecule has 0 bridgehead atoms. The number of hydrogen-bond acceptors (Lipinski definition) is 2. The molecule has 0 saturated carbocycles. The largest absolute Gasteiger partial charge is 0.381 e. The van der Waals surface area contributed by atoms with E-state index in [1.165, 1.54) is 44.9 Å². The van der Waals surface area contributed by atoms with Crippen molar-refractivity contribution in [1.29, 1.82) is 0 Å². The third-order valence-electron chi connectivity index (χ3n) is 3.43. The molecule has 0 amide bonds. The molecule has 1 unspecified atom stereocenters. The fraction of sp³-hybridized carbons (Fsp3) is 1.00. The number of hydrogen-bond donors (Lipinski definition) is 1. The van der Waals surface area contributed by atoms with Gasteiger partial charge in [0.05, 0.1) is 6.61 Å². The third-order valence-corrected chi connectivity index (χ3v) is 3.43. The molecule has 0 radical (unpaired) electrons. The molecule has 1 aliphatic heterocycles. The lowest BCUT2D eigenvalue weighted by Crippen LogP contribution is -2.30. The van der Waals surface area contributed by atoms with Crippen molar-refractivity contribution in [1.82, 2.24) is 0 Å². The van der Waals surface area contributed by atoms with Crippen LogP contribution in [0.3, 0.4) is 0 Å². The van der Waals surface area contributed by atoms with Gasteiger partial charge >= 0.3 is 0 Å². The fourth-order valence-corrected chi connectivity index (χ4v) is 2.21. The van der Waals surface area contributed by atoms with Crippen LogP contribution in [0.2, 0.25) is 0 Å². The molecule has 1 rings (SSSR count). The van der Waals surface area contributed by atoms with Crippen molar-refractivity contribution in [3.05, 3.63) is 0 Å². The summed E-state index contributed by atoms with van der Waals surface area (Å²) < 4.78 is 5.45. The summed E-state index contributed by atoms with van der Waals surface area (Å²) >= 11 is 0. The normalized spacial score (nSPS) is 27.0. The van der Waals surface area contributed by atoms with E-state index in [0.717, 1.165) is 19.8 Å². The van der Waals surface area contributed by atoms with Gasteiger partial charge in [-0.1, -0.05) is 39.0 Å².